The summed E-state index contributed by atoms with van der Waals surface area (Å²) in [6.45, 7) is 6.85. The van der Waals surface area contributed by atoms with Crippen LogP contribution in [-0.2, 0) is 6.54 Å². The molecule has 0 N–H and O–H groups in total. The van der Waals surface area contributed by atoms with E-state index in [9.17, 15) is 9.59 Å². The van der Waals surface area contributed by atoms with Crippen molar-refractivity contribution >= 4 is 24.2 Å². The molecule has 0 spiro atoms. The Bertz CT molecular complexity index is 747. The smallest absolute Gasteiger partial charge is 0.261 e. The van der Waals surface area contributed by atoms with Gasteiger partial charge in [-0.25, -0.2) is 0 Å². The summed E-state index contributed by atoms with van der Waals surface area (Å²) >= 11 is 0. The lowest BCUT2D eigenvalue weighted by molar-refractivity contribution is -0.451. The molecule has 5 heteroatoms. The van der Waals surface area contributed by atoms with Gasteiger partial charge in [-0.05, 0) is 24.6 Å². The van der Waals surface area contributed by atoms with Crippen LogP contribution >= 0.6 is 0 Å². The Hall–Kier alpha value is -2.69. The third-order valence-corrected chi connectivity index (χ3v) is 3.69. The number of furan rings is 1. The molecule has 0 fully saturated rings. The molecule has 0 radical (unpaired) electrons. The van der Waals surface area contributed by atoms with Crippen LogP contribution in [0.2, 0.25) is 0 Å². The van der Waals surface area contributed by atoms with Crippen LogP contribution in [0.15, 0.2) is 41.0 Å². The van der Waals surface area contributed by atoms with Crippen molar-refractivity contribution in [3.8, 4) is 0 Å². The van der Waals surface area contributed by atoms with Crippen molar-refractivity contribution in [1.29, 1.82) is 0 Å². The van der Waals surface area contributed by atoms with Gasteiger partial charge in [-0.3, -0.25) is 14.5 Å². The van der Waals surface area contributed by atoms with Crippen LogP contribution in [-0.4, -0.2) is 34.6 Å². The second-order valence-corrected chi connectivity index (χ2v) is 5.27. The number of amides is 2. The van der Waals surface area contributed by atoms with Gasteiger partial charge in [0.1, 0.15) is 6.72 Å². The molecule has 2 heterocycles. The molecule has 1 aromatic heterocycles. The van der Waals surface area contributed by atoms with E-state index in [1.54, 1.807) is 29.0 Å². The highest BCUT2D eigenvalue weighted by atomic mass is 16.3. The highest BCUT2D eigenvalue weighted by Gasteiger charge is 2.35. The summed E-state index contributed by atoms with van der Waals surface area (Å²) < 4.78 is 7.03. The van der Waals surface area contributed by atoms with Crippen molar-refractivity contribution in [1.82, 2.24) is 4.90 Å². The number of carbonyl (C=O) groups excluding carboxylic acids is 2. The first-order valence-electron chi connectivity index (χ1n) is 7.22. The SMILES string of the molecule is C=[N+](Cc1ccco1)c1ccc2c(c1)C(=O)N(CCC)C2=O. The van der Waals surface area contributed by atoms with E-state index in [0.29, 0.717) is 24.2 Å². The van der Waals surface area contributed by atoms with Gasteiger partial charge in [-0.2, -0.15) is 4.58 Å². The minimum Gasteiger partial charge on any atom is -0.463 e. The zero-order valence-corrected chi connectivity index (χ0v) is 12.4. The zero-order valence-electron chi connectivity index (χ0n) is 12.4. The normalized spacial score (nSPS) is 13.6. The second-order valence-electron chi connectivity index (χ2n) is 5.27. The van der Waals surface area contributed by atoms with Gasteiger partial charge in [-0.15, -0.1) is 0 Å². The van der Waals surface area contributed by atoms with E-state index in [-0.39, 0.29) is 11.8 Å². The van der Waals surface area contributed by atoms with Crippen LogP contribution in [0.5, 0.6) is 0 Å². The highest BCUT2D eigenvalue weighted by Crippen LogP contribution is 2.27. The van der Waals surface area contributed by atoms with E-state index >= 15 is 0 Å². The van der Waals surface area contributed by atoms with Crippen LogP contribution in [0.1, 0.15) is 39.8 Å². The summed E-state index contributed by atoms with van der Waals surface area (Å²) in [4.78, 5) is 25.8. The Balaban J connectivity index is 1.88. The molecule has 5 nitrogen and oxygen atoms in total. The molecular formula is C17H17N2O3+. The fourth-order valence-electron chi connectivity index (χ4n) is 2.58. The zero-order chi connectivity index (χ0) is 15.7. The molecule has 2 amide bonds. The Morgan fingerprint density at radius 2 is 1.95 bits per heavy atom. The summed E-state index contributed by atoms with van der Waals surface area (Å²) in [5, 5.41) is 0. The lowest BCUT2D eigenvalue weighted by Gasteiger charge is -2.11. The Morgan fingerprint density at radius 3 is 2.64 bits per heavy atom. The van der Waals surface area contributed by atoms with Crippen molar-refractivity contribution in [2.75, 3.05) is 6.54 Å². The summed E-state index contributed by atoms with van der Waals surface area (Å²) in [5.41, 5.74) is 1.69. The Labute approximate surface area is 128 Å². The standard InChI is InChI=1S/C17H17N2O3/c1-3-8-19-16(20)14-7-6-12(10-15(14)17(19)21)18(2)11-13-5-4-9-22-13/h4-7,9-10H,2-3,8,11H2,1H3/q+1. The fraction of sp³-hybridized carbons (Fsp3) is 0.235. The molecule has 0 saturated heterocycles. The number of nitrogens with zero attached hydrogens (tertiary/aromatic N) is 2. The third kappa shape index (κ3) is 2.35. The molecule has 112 valence electrons. The topological polar surface area (TPSA) is 53.5 Å². The first-order valence-corrected chi connectivity index (χ1v) is 7.22. The van der Waals surface area contributed by atoms with E-state index < -0.39 is 0 Å². The van der Waals surface area contributed by atoms with Crippen molar-refractivity contribution < 1.29 is 18.6 Å². The first kappa shape index (κ1) is 14.3. The molecule has 0 unspecified atom stereocenters. The minimum atomic E-state index is -0.227. The third-order valence-electron chi connectivity index (χ3n) is 3.69. The summed E-state index contributed by atoms with van der Waals surface area (Å²) in [7, 11) is 0. The second kappa shape index (κ2) is 5.60. The number of hydrogen-bond donors (Lipinski definition) is 0. The number of rotatable bonds is 5. The number of imide groups is 1. The van der Waals surface area contributed by atoms with Crippen LogP contribution in [0.25, 0.3) is 0 Å². The van der Waals surface area contributed by atoms with Gasteiger partial charge in [-0.1, -0.05) is 6.92 Å². The molecule has 0 saturated carbocycles. The predicted octanol–water partition coefficient (Wildman–Crippen LogP) is 2.83. The number of fused-ring (bicyclic) bond motifs is 1. The molecule has 0 atom stereocenters. The van der Waals surface area contributed by atoms with Crippen molar-refractivity contribution in [3.63, 3.8) is 0 Å². The van der Waals surface area contributed by atoms with E-state index in [1.807, 2.05) is 19.1 Å². The highest BCUT2D eigenvalue weighted by molar-refractivity contribution is 6.21. The van der Waals surface area contributed by atoms with E-state index in [1.165, 1.54) is 4.90 Å². The predicted molar refractivity (Wildman–Crippen MR) is 81.6 cm³/mol. The molecule has 0 bridgehead atoms. The summed E-state index contributed by atoms with van der Waals surface area (Å²) in [5.74, 6) is 0.343. The molecule has 22 heavy (non-hydrogen) atoms. The summed E-state index contributed by atoms with van der Waals surface area (Å²) in [6, 6.07) is 8.90. The molecule has 0 aliphatic carbocycles. The maximum atomic E-state index is 12.3. The Kier molecular flexibility index (Phi) is 3.63. The number of carbonyl (C=O) groups is 2. The largest absolute Gasteiger partial charge is 0.463 e. The van der Waals surface area contributed by atoms with Crippen molar-refractivity contribution in [2.24, 2.45) is 0 Å². The Morgan fingerprint density at radius 1 is 1.18 bits per heavy atom. The monoisotopic (exact) mass is 297 g/mol. The fourth-order valence-corrected chi connectivity index (χ4v) is 2.58. The average molecular weight is 297 g/mol. The van der Waals surface area contributed by atoms with E-state index in [2.05, 4.69) is 6.72 Å². The molecule has 1 aromatic carbocycles. The van der Waals surface area contributed by atoms with Crippen LogP contribution in [0, 0.1) is 0 Å². The maximum Gasteiger partial charge on any atom is 0.261 e. The van der Waals surface area contributed by atoms with Gasteiger partial charge in [0, 0.05) is 18.7 Å². The quantitative estimate of drug-likeness (QED) is 0.484. The van der Waals surface area contributed by atoms with Gasteiger partial charge >= 0.3 is 0 Å². The molecule has 1 aliphatic heterocycles. The number of hydrogen-bond acceptors (Lipinski definition) is 3. The van der Waals surface area contributed by atoms with Crippen LogP contribution < -0.4 is 0 Å². The van der Waals surface area contributed by atoms with Gasteiger partial charge < -0.3 is 4.42 Å². The lowest BCUT2D eigenvalue weighted by Crippen LogP contribution is -2.30. The van der Waals surface area contributed by atoms with Crippen molar-refractivity contribution in [3.05, 3.63) is 53.5 Å². The molecular weight excluding hydrogens is 280 g/mol. The average Bonchev–Trinajstić information content (AvgIpc) is 3.10. The summed E-state index contributed by atoms with van der Waals surface area (Å²) in [6.07, 6.45) is 2.36. The van der Waals surface area contributed by atoms with Gasteiger partial charge in [0.05, 0.1) is 17.4 Å². The minimum absolute atomic E-state index is 0.213. The van der Waals surface area contributed by atoms with Crippen LogP contribution in [0.4, 0.5) is 5.69 Å². The van der Waals surface area contributed by atoms with E-state index in [4.69, 9.17) is 4.42 Å². The van der Waals surface area contributed by atoms with Gasteiger partial charge in [0.2, 0.25) is 12.2 Å². The van der Waals surface area contributed by atoms with E-state index in [0.717, 1.165) is 17.9 Å². The molecule has 1 aliphatic rings. The van der Waals surface area contributed by atoms with Gasteiger partial charge in [0.15, 0.2) is 5.76 Å². The maximum absolute atomic E-state index is 12.3. The molecule has 2 aromatic rings. The number of benzene rings is 1. The molecule has 3 rings (SSSR count). The van der Waals surface area contributed by atoms with Gasteiger partial charge in [0.25, 0.3) is 11.8 Å². The van der Waals surface area contributed by atoms with Crippen molar-refractivity contribution in [2.45, 2.75) is 19.9 Å². The van der Waals surface area contributed by atoms with Crippen LogP contribution in [0.3, 0.4) is 0 Å². The lowest BCUT2D eigenvalue weighted by atomic mass is 10.1. The first-order chi connectivity index (χ1) is 10.6.